The fraction of sp³-hybridized carbons (Fsp3) is 0.150. The van der Waals surface area contributed by atoms with E-state index in [1.165, 1.54) is 17.8 Å². The Morgan fingerprint density at radius 1 is 1.25 bits per heavy atom. The highest BCUT2D eigenvalue weighted by Crippen LogP contribution is 2.26. The number of rotatable bonds is 8. The van der Waals surface area contributed by atoms with E-state index in [9.17, 15) is 9.18 Å². The van der Waals surface area contributed by atoms with Crippen LogP contribution in [0.3, 0.4) is 0 Å². The molecule has 0 saturated heterocycles. The van der Waals surface area contributed by atoms with E-state index >= 15 is 0 Å². The number of hydrogen-bond donors (Lipinski definition) is 1. The van der Waals surface area contributed by atoms with Crippen molar-refractivity contribution in [1.29, 1.82) is 0 Å². The van der Waals surface area contributed by atoms with E-state index in [1.54, 1.807) is 53.1 Å². The lowest BCUT2D eigenvalue weighted by Crippen LogP contribution is -2.12. The van der Waals surface area contributed by atoms with Crippen LogP contribution in [0.4, 0.5) is 10.1 Å². The minimum atomic E-state index is -0.363. The summed E-state index contributed by atoms with van der Waals surface area (Å²) in [5, 5.41) is 12.3. The van der Waals surface area contributed by atoms with Gasteiger partial charge in [-0.05, 0) is 30.3 Å². The van der Waals surface area contributed by atoms with Crippen LogP contribution in [0.2, 0.25) is 5.02 Å². The molecular formula is C20H18ClFN4OS. The van der Waals surface area contributed by atoms with Crippen molar-refractivity contribution in [3.63, 3.8) is 0 Å². The Balaban J connectivity index is 1.65. The van der Waals surface area contributed by atoms with E-state index in [0.717, 1.165) is 0 Å². The lowest BCUT2D eigenvalue weighted by molar-refractivity contribution is -0.115. The van der Waals surface area contributed by atoms with Crippen LogP contribution in [0.15, 0.2) is 66.3 Å². The zero-order chi connectivity index (χ0) is 19.9. The van der Waals surface area contributed by atoms with Crippen LogP contribution in [-0.2, 0) is 11.3 Å². The van der Waals surface area contributed by atoms with Crippen LogP contribution >= 0.6 is 23.4 Å². The quantitative estimate of drug-likeness (QED) is 0.412. The molecule has 0 aliphatic rings. The predicted molar refractivity (Wildman–Crippen MR) is 111 cm³/mol. The Kier molecular flexibility index (Phi) is 6.84. The highest BCUT2D eigenvalue weighted by Gasteiger charge is 2.16. The molecule has 3 aromatic rings. The molecule has 0 aliphatic carbocycles. The van der Waals surface area contributed by atoms with Crippen molar-refractivity contribution >= 4 is 35.0 Å². The fourth-order valence-electron chi connectivity index (χ4n) is 2.56. The molecule has 0 atom stereocenters. The van der Waals surface area contributed by atoms with Gasteiger partial charge in [-0.3, -0.25) is 9.36 Å². The number of allylic oxidation sites excluding steroid dienone is 1. The maximum atomic E-state index is 14.1. The lowest BCUT2D eigenvalue weighted by Gasteiger charge is -2.08. The first-order chi connectivity index (χ1) is 13.6. The molecule has 3 rings (SSSR count). The average molecular weight is 417 g/mol. The van der Waals surface area contributed by atoms with Gasteiger partial charge in [-0.15, -0.1) is 16.8 Å². The van der Waals surface area contributed by atoms with Crippen LogP contribution in [0.1, 0.15) is 6.42 Å². The Bertz CT molecular complexity index is 992. The first-order valence-corrected chi connectivity index (χ1v) is 9.92. The molecule has 1 amide bonds. The Hall–Kier alpha value is -2.64. The summed E-state index contributed by atoms with van der Waals surface area (Å²) in [6.07, 6.45) is 1.98. The second-order valence-electron chi connectivity index (χ2n) is 5.84. The van der Waals surface area contributed by atoms with E-state index < -0.39 is 0 Å². The van der Waals surface area contributed by atoms with Crippen molar-refractivity contribution in [2.24, 2.45) is 0 Å². The van der Waals surface area contributed by atoms with Crippen LogP contribution < -0.4 is 5.32 Å². The number of amides is 1. The van der Waals surface area contributed by atoms with Crippen molar-refractivity contribution in [1.82, 2.24) is 14.8 Å². The second kappa shape index (κ2) is 9.52. The zero-order valence-electron chi connectivity index (χ0n) is 14.9. The number of thioether (sulfide) groups is 1. The molecule has 0 radical (unpaired) electrons. The number of hydrogen-bond acceptors (Lipinski definition) is 4. The van der Waals surface area contributed by atoms with Gasteiger partial charge in [0.25, 0.3) is 0 Å². The monoisotopic (exact) mass is 416 g/mol. The van der Waals surface area contributed by atoms with Gasteiger partial charge in [0.05, 0.1) is 5.56 Å². The standard InChI is InChI=1S/C20H18ClFN4OS/c1-2-11-26-19(16-8-3-4-9-17(16)22)24-25-20(26)28-12-10-18(27)23-15-7-5-6-14(21)13-15/h2-9,13H,1,10-12H2,(H,23,27). The Morgan fingerprint density at radius 3 is 2.82 bits per heavy atom. The lowest BCUT2D eigenvalue weighted by atomic mass is 10.2. The zero-order valence-corrected chi connectivity index (χ0v) is 16.5. The molecule has 0 unspecified atom stereocenters. The normalized spacial score (nSPS) is 10.6. The van der Waals surface area contributed by atoms with Gasteiger partial charge in [0.1, 0.15) is 5.82 Å². The summed E-state index contributed by atoms with van der Waals surface area (Å²) in [4.78, 5) is 12.1. The third kappa shape index (κ3) is 4.99. The second-order valence-corrected chi connectivity index (χ2v) is 7.34. The molecule has 1 aromatic heterocycles. The van der Waals surface area contributed by atoms with Gasteiger partial charge in [0, 0.05) is 29.4 Å². The number of nitrogens with one attached hydrogen (secondary N) is 1. The number of carbonyl (C=O) groups is 1. The molecule has 1 N–H and O–H groups in total. The van der Waals surface area contributed by atoms with Crippen molar-refractivity contribution in [2.45, 2.75) is 18.1 Å². The molecule has 8 heteroatoms. The van der Waals surface area contributed by atoms with Gasteiger partial charge >= 0.3 is 0 Å². The van der Waals surface area contributed by atoms with Gasteiger partial charge in [-0.1, -0.05) is 47.6 Å². The largest absolute Gasteiger partial charge is 0.326 e. The Labute approximate surface area is 171 Å². The minimum absolute atomic E-state index is 0.126. The number of benzene rings is 2. The van der Waals surface area contributed by atoms with Crippen molar-refractivity contribution in [2.75, 3.05) is 11.1 Å². The van der Waals surface area contributed by atoms with E-state index in [-0.39, 0.29) is 18.1 Å². The number of anilines is 1. The summed E-state index contributed by atoms with van der Waals surface area (Å²) < 4.78 is 15.9. The maximum absolute atomic E-state index is 14.1. The van der Waals surface area contributed by atoms with Crippen LogP contribution in [0, 0.1) is 5.82 Å². The van der Waals surface area contributed by atoms with Crippen LogP contribution in [-0.4, -0.2) is 26.4 Å². The van der Waals surface area contributed by atoms with E-state index in [4.69, 9.17) is 11.6 Å². The molecule has 144 valence electrons. The maximum Gasteiger partial charge on any atom is 0.225 e. The summed E-state index contributed by atoms with van der Waals surface area (Å²) in [6.45, 7) is 4.18. The molecule has 1 heterocycles. The van der Waals surface area contributed by atoms with Gasteiger partial charge in [0.15, 0.2) is 11.0 Å². The van der Waals surface area contributed by atoms with Crippen molar-refractivity contribution in [3.8, 4) is 11.4 Å². The molecule has 28 heavy (non-hydrogen) atoms. The number of aromatic nitrogens is 3. The smallest absolute Gasteiger partial charge is 0.225 e. The fourth-order valence-corrected chi connectivity index (χ4v) is 3.63. The van der Waals surface area contributed by atoms with E-state index in [2.05, 4.69) is 22.1 Å². The van der Waals surface area contributed by atoms with E-state index in [0.29, 0.717) is 39.6 Å². The molecule has 0 spiro atoms. The first kappa shape index (κ1) is 20.1. The molecular weight excluding hydrogens is 399 g/mol. The summed E-state index contributed by atoms with van der Waals surface area (Å²) >= 11 is 7.30. The number of carbonyl (C=O) groups excluding carboxylic acids is 1. The summed E-state index contributed by atoms with van der Waals surface area (Å²) in [6, 6.07) is 13.4. The third-order valence-electron chi connectivity index (χ3n) is 3.81. The molecule has 0 bridgehead atoms. The SMILES string of the molecule is C=CCn1c(SCCC(=O)Nc2cccc(Cl)c2)nnc1-c1ccccc1F. The van der Waals surface area contributed by atoms with Crippen LogP contribution in [0.5, 0.6) is 0 Å². The Morgan fingerprint density at radius 2 is 2.07 bits per heavy atom. The molecule has 0 aliphatic heterocycles. The summed E-state index contributed by atoms with van der Waals surface area (Å²) in [5.41, 5.74) is 1.03. The molecule has 0 saturated carbocycles. The summed E-state index contributed by atoms with van der Waals surface area (Å²) in [7, 11) is 0. The van der Waals surface area contributed by atoms with Gasteiger partial charge in [-0.2, -0.15) is 0 Å². The predicted octanol–water partition coefficient (Wildman–Crippen LogP) is 5.04. The van der Waals surface area contributed by atoms with Crippen molar-refractivity contribution < 1.29 is 9.18 Å². The highest BCUT2D eigenvalue weighted by atomic mass is 35.5. The van der Waals surface area contributed by atoms with Gasteiger partial charge in [0.2, 0.25) is 5.91 Å². The highest BCUT2D eigenvalue weighted by molar-refractivity contribution is 7.99. The summed E-state index contributed by atoms with van der Waals surface area (Å²) in [5.74, 6) is 0.444. The van der Waals surface area contributed by atoms with Gasteiger partial charge < -0.3 is 5.32 Å². The average Bonchev–Trinajstić information content (AvgIpc) is 3.05. The first-order valence-electron chi connectivity index (χ1n) is 8.55. The molecule has 0 fully saturated rings. The van der Waals surface area contributed by atoms with E-state index in [1.807, 2.05) is 0 Å². The topological polar surface area (TPSA) is 59.8 Å². The van der Waals surface area contributed by atoms with Crippen LogP contribution in [0.25, 0.3) is 11.4 Å². The molecule has 5 nitrogen and oxygen atoms in total. The third-order valence-corrected chi connectivity index (χ3v) is 5.02. The number of halogens is 2. The van der Waals surface area contributed by atoms with Crippen molar-refractivity contribution in [3.05, 3.63) is 72.0 Å². The van der Waals surface area contributed by atoms with Gasteiger partial charge in [-0.25, -0.2) is 4.39 Å². The minimum Gasteiger partial charge on any atom is -0.326 e. The molecule has 2 aromatic carbocycles. The number of nitrogens with zero attached hydrogens (tertiary/aromatic N) is 3.